The van der Waals surface area contributed by atoms with Crippen molar-refractivity contribution < 1.29 is 14.0 Å². The molecule has 206 valence electrons. The summed E-state index contributed by atoms with van der Waals surface area (Å²) >= 11 is 2.70. The van der Waals surface area contributed by atoms with E-state index in [9.17, 15) is 14.9 Å². The lowest BCUT2D eigenvalue weighted by Crippen LogP contribution is -2.31. The number of aliphatic imine (C=N–C) groups is 1. The number of carbonyl (C=O) groups excluding carboxylic acids is 2. The van der Waals surface area contributed by atoms with Gasteiger partial charge in [-0.2, -0.15) is 5.26 Å². The summed E-state index contributed by atoms with van der Waals surface area (Å²) in [5, 5.41) is 16.8. The number of hydrogen-bond acceptors (Lipinski definition) is 7. The predicted octanol–water partition coefficient (Wildman–Crippen LogP) is 7.49. The Labute approximate surface area is 247 Å². The van der Waals surface area contributed by atoms with Crippen LogP contribution in [0.3, 0.4) is 0 Å². The Morgan fingerprint density at radius 3 is 2.56 bits per heavy atom. The Bertz CT molecular complexity index is 1650. The number of nitriles is 1. The third-order valence-electron chi connectivity index (χ3n) is 6.66. The maximum Gasteiger partial charge on any atom is 0.254 e. The first kappa shape index (κ1) is 28.1. The Morgan fingerprint density at radius 1 is 1.02 bits per heavy atom. The van der Waals surface area contributed by atoms with E-state index in [0.717, 1.165) is 27.4 Å². The number of para-hydroxylation sites is 1. The second-order valence-electron chi connectivity index (χ2n) is 9.42. The Kier molecular flexibility index (Phi) is 8.82. The highest BCUT2D eigenvalue weighted by molar-refractivity contribution is 8.14. The highest BCUT2D eigenvalue weighted by atomic mass is 32.2. The van der Waals surface area contributed by atoms with Gasteiger partial charge in [0.05, 0.1) is 28.0 Å². The molecule has 0 spiro atoms. The van der Waals surface area contributed by atoms with Crippen LogP contribution in [0.1, 0.15) is 30.2 Å². The van der Waals surface area contributed by atoms with Gasteiger partial charge in [-0.1, -0.05) is 49.0 Å². The number of carbonyl (C=O) groups is 2. The van der Waals surface area contributed by atoms with Crippen LogP contribution in [0.4, 0.5) is 11.4 Å². The second-order valence-corrected chi connectivity index (χ2v) is 11.5. The molecule has 2 amide bonds. The molecule has 2 unspecified atom stereocenters. The molecule has 2 aromatic heterocycles. The molecule has 9 heteroatoms. The summed E-state index contributed by atoms with van der Waals surface area (Å²) in [5.74, 6) is -1.02. The first-order valence-electron chi connectivity index (χ1n) is 13.2. The first-order chi connectivity index (χ1) is 20.0. The van der Waals surface area contributed by atoms with Crippen molar-refractivity contribution in [1.29, 1.82) is 5.26 Å². The zero-order valence-electron chi connectivity index (χ0n) is 22.6. The SMILES string of the molecule is CCc1cccc(NC(=O)CSC2=NC(C)=C(C(=O)Nc3ccccc3)C(c3ccc(-c4ccco4)s3)C2C#N)c1. The fraction of sp³-hybridized carbons (Fsp3) is 0.188. The van der Waals surface area contributed by atoms with Crippen LogP contribution >= 0.6 is 23.1 Å². The molecule has 2 aromatic carbocycles. The fourth-order valence-electron chi connectivity index (χ4n) is 4.69. The van der Waals surface area contributed by atoms with Crippen molar-refractivity contribution in [1.82, 2.24) is 0 Å². The summed E-state index contributed by atoms with van der Waals surface area (Å²) in [6.07, 6.45) is 2.48. The smallest absolute Gasteiger partial charge is 0.254 e. The first-order valence-corrected chi connectivity index (χ1v) is 15.0. The quantitative estimate of drug-likeness (QED) is 0.225. The number of nitrogens with zero attached hydrogens (tertiary/aromatic N) is 2. The van der Waals surface area contributed by atoms with Gasteiger partial charge in [0.1, 0.15) is 11.7 Å². The van der Waals surface area contributed by atoms with E-state index in [1.807, 2.05) is 78.9 Å². The van der Waals surface area contributed by atoms with E-state index < -0.39 is 11.8 Å². The lowest BCUT2D eigenvalue weighted by atomic mass is 9.82. The van der Waals surface area contributed by atoms with E-state index in [0.29, 0.717) is 27.8 Å². The van der Waals surface area contributed by atoms with Crippen molar-refractivity contribution in [2.45, 2.75) is 26.2 Å². The molecule has 3 heterocycles. The zero-order valence-corrected chi connectivity index (χ0v) is 24.2. The summed E-state index contributed by atoms with van der Waals surface area (Å²) in [5.41, 5.74) is 3.46. The molecular weight excluding hydrogens is 553 g/mol. The molecule has 2 N–H and O–H groups in total. The molecule has 4 aromatic rings. The second kappa shape index (κ2) is 12.9. The highest BCUT2D eigenvalue weighted by Crippen LogP contribution is 2.45. The van der Waals surface area contributed by atoms with Crippen LogP contribution in [0.2, 0.25) is 0 Å². The Balaban J connectivity index is 1.44. The van der Waals surface area contributed by atoms with E-state index in [1.54, 1.807) is 13.2 Å². The summed E-state index contributed by atoms with van der Waals surface area (Å²) in [6.45, 7) is 3.84. The van der Waals surface area contributed by atoms with E-state index in [4.69, 9.17) is 9.41 Å². The molecule has 0 saturated heterocycles. The summed E-state index contributed by atoms with van der Waals surface area (Å²) in [7, 11) is 0. The average Bonchev–Trinajstić information content (AvgIpc) is 3.69. The topological polar surface area (TPSA) is 107 Å². The van der Waals surface area contributed by atoms with Crippen LogP contribution in [0.15, 0.2) is 106 Å². The van der Waals surface area contributed by atoms with Crippen LogP contribution in [-0.2, 0) is 16.0 Å². The number of anilines is 2. The molecule has 0 aliphatic carbocycles. The minimum atomic E-state index is -0.750. The molecule has 41 heavy (non-hydrogen) atoms. The minimum Gasteiger partial charge on any atom is -0.464 e. The fourth-order valence-corrected chi connectivity index (χ4v) is 6.73. The molecule has 0 bridgehead atoms. The summed E-state index contributed by atoms with van der Waals surface area (Å²) < 4.78 is 5.58. The highest BCUT2D eigenvalue weighted by Gasteiger charge is 2.40. The number of aryl methyl sites for hydroxylation is 1. The third-order valence-corrected chi connectivity index (χ3v) is 8.89. The molecular formula is C32H28N4O3S2. The van der Waals surface area contributed by atoms with E-state index in [2.05, 4.69) is 23.6 Å². The van der Waals surface area contributed by atoms with Crippen molar-refractivity contribution in [3.05, 3.63) is 107 Å². The van der Waals surface area contributed by atoms with E-state index >= 15 is 0 Å². The van der Waals surface area contributed by atoms with Gasteiger partial charge in [0, 0.05) is 33.4 Å². The number of rotatable bonds is 8. The maximum absolute atomic E-state index is 13.7. The number of nitrogens with one attached hydrogen (secondary N) is 2. The van der Waals surface area contributed by atoms with Gasteiger partial charge in [0.2, 0.25) is 5.91 Å². The van der Waals surface area contributed by atoms with E-state index in [-0.39, 0.29) is 17.6 Å². The van der Waals surface area contributed by atoms with E-state index in [1.165, 1.54) is 23.1 Å². The van der Waals surface area contributed by atoms with Crippen LogP contribution < -0.4 is 10.6 Å². The van der Waals surface area contributed by atoms with Gasteiger partial charge in [-0.25, -0.2) is 4.99 Å². The molecule has 7 nitrogen and oxygen atoms in total. The Morgan fingerprint density at radius 2 is 1.83 bits per heavy atom. The van der Waals surface area contributed by atoms with Crippen molar-refractivity contribution >= 4 is 51.3 Å². The third kappa shape index (κ3) is 6.51. The van der Waals surface area contributed by atoms with Crippen LogP contribution in [0.5, 0.6) is 0 Å². The summed E-state index contributed by atoms with van der Waals surface area (Å²) in [4.78, 5) is 32.9. The molecule has 0 radical (unpaired) electrons. The number of hydrogen-bond donors (Lipinski definition) is 2. The number of furan rings is 1. The lowest BCUT2D eigenvalue weighted by molar-refractivity contribution is -0.114. The number of benzene rings is 2. The minimum absolute atomic E-state index is 0.0843. The van der Waals surface area contributed by atoms with Gasteiger partial charge in [0.25, 0.3) is 5.91 Å². The standard InChI is InChI=1S/C32H28N4O3S2/c1-3-21-9-7-12-23(17-21)35-28(37)19-40-32-24(18-33)30(27-15-14-26(41-27)25-13-8-16-39-25)29(20(2)34-32)31(38)36-22-10-5-4-6-11-22/h4-17,24,30H,3,19H2,1-2H3,(H,35,37)(H,36,38). The van der Waals surface area contributed by atoms with Gasteiger partial charge in [-0.15, -0.1) is 11.3 Å². The van der Waals surface area contributed by atoms with Gasteiger partial charge < -0.3 is 15.1 Å². The number of thiophene rings is 1. The predicted molar refractivity (Wildman–Crippen MR) is 166 cm³/mol. The molecule has 0 saturated carbocycles. The largest absolute Gasteiger partial charge is 0.464 e. The number of amides is 2. The van der Waals surface area contributed by atoms with Crippen molar-refractivity contribution in [3.8, 4) is 16.7 Å². The number of thioether (sulfide) groups is 1. The molecule has 2 atom stereocenters. The van der Waals surface area contributed by atoms with Gasteiger partial charge in [-0.3, -0.25) is 9.59 Å². The van der Waals surface area contributed by atoms with Crippen molar-refractivity contribution in [2.75, 3.05) is 16.4 Å². The van der Waals surface area contributed by atoms with Crippen LogP contribution in [-0.4, -0.2) is 22.6 Å². The zero-order chi connectivity index (χ0) is 28.8. The summed E-state index contributed by atoms with van der Waals surface area (Å²) in [6, 6.07) is 26.9. The molecule has 1 aliphatic rings. The van der Waals surface area contributed by atoms with Crippen molar-refractivity contribution in [2.24, 2.45) is 10.9 Å². The van der Waals surface area contributed by atoms with Crippen LogP contribution in [0, 0.1) is 17.2 Å². The monoisotopic (exact) mass is 580 g/mol. The van der Waals surface area contributed by atoms with Gasteiger partial charge in [-0.05, 0) is 67.4 Å². The number of allylic oxidation sites excluding steroid dienone is 1. The molecule has 1 aliphatic heterocycles. The molecule has 5 rings (SSSR count). The van der Waals surface area contributed by atoms with Crippen LogP contribution in [0.25, 0.3) is 10.6 Å². The lowest BCUT2D eigenvalue weighted by Gasteiger charge is -2.29. The average molecular weight is 581 g/mol. The van der Waals surface area contributed by atoms with Crippen molar-refractivity contribution in [3.63, 3.8) is 0 Å². The van der Waals surface area contributed by atoms with Gasteiger partial charge >= 0.3 is 0 Å². The van der Waals surface area contributed by atoms with Gasteiger partial charge in [0.15, 0.2) is 0 Å². The molecule has 0 fully saturated rings. The normalized spacial score (nSPS) is 16.6. The Hall–Kier alpha value is -4.39. The maximum atomic E-state index is 13.7.